The van der Waals surface area contributed by atoms with Gasteiger partial charge in [-0.1, -0.05) is 6.92 Å². The quantitative estimate of drug-likeness (QED) is 0.485. The molecule has 1 saturated carbocycles. The molecule has 0 aromatic carbocycles. The lowest BCUT2D eigenvalue weighted by Crippen LogP contribution is -2.19. The summed E-state index contributed by atoms with van der Waals surface area (Å²) in [7, 11) is 0. The number of fused-ring (bicyclic) bond motifs is 1. The van der Waals surface area contributed by atoms with Crippen LogP contribution in [0.4, 0.5) is 0 Å². The molecule has 1 heterocycles. The van der Waals surface area contributed by atoms with Crippen LogP contribution < -0.4 is 0 Å². The van der Waals surface area contributed by atoms with E-state index in [0.717, 1.165) is 12.5 Å². The monoisotopic (exact) mass is 152 g/mol. The van der Waals surface area contributed by atoms with Crippen LogP contribution in [0, 0.1) is 5.92 Å². The Balaban J connectivity index is 2.14. The summed E-state index contributed by atoms with van der Waals surface area (Å²) in [6, 6.07) is 0. The van der Waals surface area contributed by atoms with Gasteiger partial charge in [-0.15, -0.1) is 0 Å². The molecule has 0 aromatic heterocycles. The molecule has 1 fully saturated rings. The minimum atomic E-state index is 0.499. The Morgan fingerprint density at radius 3 is 3.09 bits per heavy atom. The van der Waals surface area contributed by atoms with Crippen LogP contribution in [0.1, 0.15) is 33.1 Å². The van der Waals surface area contributed by atoms with Gasteiger partial charge < -0.3 is 4.74 Å². The Morgan fingerprint density at radius 1 is 1.45 bits per heavy atom. The topological polar surface area (TPSA) is 9.23 Å². The van der Waals surface area contributed by atoms with Crippen molar-refractivity contribution < 1.29 is 4.74 Å². The molecule has 0 amide bonds. The average molecular weight is 152 g/mol. The lowest BCUT2D eigenvalue weighted by atomic mass is 9.84. The van der Waals surface area contributed by atoms with Crippen molar-refractivity contribution in [2.45, 2.75) is 39.2 Å². The first kappa shape index (κ1) is 7.35. The Bertz CT molecular complexity index is 193. The first-order valence-corrected chi connectivity index (χ1v) is 4.57. The minimum absolute atomic E-state index is 0.499. The van der Waals surface area contributed by atoms with Gasteiger partial charge in [0, 0.05) is 0 Å². The van der Waals surface area contributed by atoms with Gasteiger partial charge in [0.15, 0.2) is 0 Å². The van der Waals surface area contributed by atoms with E-state index in [-0.39, 0.29) is 0 Å². The van der Waals surface area contributed by atoms with E-state index >= 15 is 0 Å². The fourth-order valence-corrected chi connectivity index (χ4v) is 2.16. The molecular weight excluding hydrogens is 136 g/mol. The molecule has 0 saturated heterocycles. The van der Waals surface area contributed by atoms with Gasteiger partial charge in [-0.2, -0.15) is 0 Å². The summed E-state index contributed by atoms with van der Waals surface area (Å²) in [5.74, 6) is 0.870. The maximum absolute atomic E-state index is 5.67. The predicted molar refractivity (Wildman–Crippen MR) is 45.5 cm³/mol. The summed E-state index contributed by atoms with van der Waals surface area (Å²) in [6.07, 6.45) is 4.41. The second-order valence-electron chi connectivity index (χ2n) is 3.98. The fourth-order valence-electron chi connectivity index (χ4n) is 2.16. The Morgan fingerprint density at radius 2 is 2.27 bits per heavy atom. The van der Waals surface area contributed by atoms with E-state index in [4.69, 9.17) is 4.74 Å². The maximum Gasteiger partial charge on any atom is 0.0795 e. The van der Waals surface area contributed by atoms with E-state index in [2.05, 4.69) is 13.8 Å². The lowest BCUT2D eigenvalue weighted by molar-refractivity contribution is 0.0876. The largest absolute Gasteiger partial charge is 0.370 e. The summed E-state index contributed by atoms with van der Waals surface area (Å²) in [6.45, 7) is 5.44. The number of rotatable bonds is 0. The molecule has 1 nitrogen and oxygen atoms in total. The van der Waals surface area contributed by atoms with Crippen molar-refractivity contribution in [3.8, 4) is 0 Å². The molecule has 2 unspecified atom stereocenters. The van der Waals surface area contributed by atoms with Crippen molar-refractivity contribution in [1.29, 1.82) is 0 Å². The van der Waals surface area contributed by atoms with Crippen LogP contribution in [0.15, 0.2) is 11.1 Å². The molecule has 0 aromatic rings. The molecule has 0 N–H and O–H groups in total. The van der Waals surface area contributed by atoms with E-state index in [1.54, 1.807) is 5.57 Å². The first-order chi connectivity index (χ1) is 5.27. The molecule has 1 heteroatoms. The van der Waals surface area contributed by atoms with Crippen LogP contribution in [0.25, 0.3) is 0 Å². The van der Waals surface area contributed by atoms with Gasteiger partial charge in [-0.05, 0) is 43.3 Å². The first-order valence-electron chi connectivity index (χ1n) is 4.57. The second-order valence-corrected chi connectivity index (χ2v) is 3.98. The van der Waals surface area contributed by atoms with E-state index in [9.17, 15) is 0 Å². The van der Waals surface area contributed by atoms with Crippen molar-refractivity contribution >= 4 is 0 Å². The van der Waals surface area contributed by atoms with Gasteiger partial charge in [0.1, 0.15) is 0 Å². The van der Waals surface area contributed by atoms with E-state index in [1.165, 1.54) is 24.8 Å². The molecule has 62 valence electrons. The lowest BCUT2D eigenvalue weighted by Gasteiger charge is -2.25. The summed E-state index contributed by atoms with van der Waals surface area (Å²) in [5.41, 5.74) is 3.12. The highest BCUT2D eigenvalue weighted by molar-refractivity contribution is 5.23. The van der Waals surface area contributed by atoms with Gasteiger partial charge in [0.25, 0.3) is 0 Å². The summed E-state index contributed by atoms with van der Waals surface area (Å²) in [4.78, 5) is 0. The molecule has 0 radical (unpaired) electrons. The van der Waals surface area contributed by atoms with Crippen LogP contribution in [-0.4, -0.2) is 12.7 Å². The van der Waals surface area contributed by atoms with Crippen LogP contribution in [0.3, 0.4) is 0 Å². The van der Waals surface area contributed by atoms with E-state index < -0.39 is 0 Å². The number of hydrogen-bond acceptors (Lipinski definition) is 1. The number of ether oxygens (including phenoxy) is 1. The van der Waals surface area contributed by atoms with Crippen molar-refractivity contribution in [1.82, 2.24) is 0 Å². The molecule has 11 heavy (non-hydrogen) atoms. The van der Waals surface area contributed by atoms with Crippen LogP contribution in [0.2, 0.25) is 0 Å². The summed E-state index contributed by atoms with van der Waals surface area (Å²) >= 11 is 0. The fraction of sp³-hybridized carbons (Fsp3) is 0.800. The number of hydrogen-bond donors (Lipinski definition) is 0. The van der Waals surface area contributed by atoms with E-state index in [1.807, 2.05) is 0 Å². The smallest absolute Gasteiger partial charge is 0.0795 e. The standard InChI is InChI=1S/C10H16O/c1-7-3-4-9-8(2)6-11-10(9)5-7/h7,10H,3-6H2,1-2H3. The van der Waals surface area contributed by atoms with Gasteiger partial charge in [0.05, 0.1) is 12.7 Å². The normalized spacial score (nSPS) is 37.6. The van der Waals surface area contributed by atoms with Crippen molar-refractivity contribution in [2.24, 2.45) is 5.92 Å². The van der Waals surface area contributed by atoms with Gasteiger partial charge >= 0.3 is 0 Å². The van der Waals surface area contributed by atoms with Gasteiger partial charge in [-0.3, -0.25) is 0 Å². The maximum atomic E-state index is 5.67. The third kappa shape index (κ3) is 1.22. The van der Waals surface area contributed by atoms with Crippen LogP contribution >= 0.6 is 0 Å². The highest BCUT2D eigenvalue weighted by Crippen LogP contribution is 2.36. The molecule has 0 spiro atoms. The summed E-state index contributed by atoms with van der Waals surface area (Å²) < 4.78 is 5.67. The molecule has 0 bridgehead atoms. The zero-order chi connectivity index (χ0) is 7.84. The zero-order valence-corrected chi connectivity index (χ0v) is 7.39. The molecule has 2 rings (SSSR count). The summed E-state index contributed by atoms with van der Waals surface area (Å²) in [5, 5.41) is 0. The average Bonchev–Trinajstić information content (AvgIpc) is 2.32. The van der Waals surface area contributed by atoms with E-state index in [0.29, 0.717) is 6.10 Å². The van der Waals surface area contributed by atoms with Gasteiger partial charge in [0.2, 0.25) is 0 Å². The zero-order valence-electron chi connectivity index (χ0n) is 7.39. The Labute approximate surface area is 68.4 Å². The predicted octanol–water partition coefficient (Wildman–Crippen LogP) is 2.52. The highest BCUT2D eigenvalue weighted by Gasteiger charge is 2.29. The Hall–Kier alpha value is -0.300. The second kappa shape index (κ2) is 2.63. The van der Waals surface area contributed by atoms with Crippen LogP contribution in [0.5, 0.6) is 0 Å². The van der Waals surface area contributed by atoms with Crippen molar-refractivity contribution in [3.05, 3.63) is 11.1 Å². The molecule has 2 aliphatic rings. The van der Waals surface area contributed by atoms with Crippen molar-refractivity contribution in [3.63, 3.8) is 0 Å². The van der Waals surface area contributed by atoms with Crippen LogP contribution in [-0.2, 0) is 4.74 Å². The molecular formula is C10H16O. The van der Waals surface area contributed by atoms with Gasteiger partial charge in [-0.25, -0.2) is 0 Å². The molecule has 1 aliphatic heterocycles. The van der Waals surface area contributed by atoms with Crippen molar-refractivity contribution in [2.75, 3.05) is 6.61 Å². The molecule has 2 atom stereocenters. The molecule has 1 aliphatic carbocycles. The SMILES string of the molecule is CC1=C2CCC(C)CC2OC1. The minimum Gasteiger partial charge on any atom is -0.370 e. The highest BCUT2D eigenvalue weighted by atomic mass is 16.5. The Kier molecular flexibility index (Phi) is 1.76. The third-order valence-corrected chi connectivity index (χ3v) is 2.96. The third-order valence-electron chi connectivity index (χ3n) is 2.96.